The summed E-state index contributed by atoms with van der Waals surface area (Å²) in [5.74, 6) is 0.967. The van der Waals surface area contributed by atoms with E-state index in [1.54, 1.807) is 24.6 Å². The van der Waals surface area contributed by atoms with Gasteiger partial charge in [-0.15, -0.1) is 0 Å². The van der Waals surface area contributed by atoms with Crippen LogP contribution in [0.25, 0.3) is 0 Å². The van der Waals surface area contributed by atoms with Crippen molar-refractivity contribution in [1.82, 2.24) is 10.9 Å². The molecule has 0 aliphatic rings. The number of halogens is 2. The molecule has 0 saturated carbocycles. The van der Waals surface area contributed by atoms with Crippen molar-refractivity contribution >= 4 is 56.1 Å². The van der Waals surface area contributed by atoms with Crippen LogP contribution >= 0.6 is 31.9 Å². The largest absolute Gasteiger partial charge is 0.489 e. The first kappa shape index (κ1) is 31.0. The summed E-state index contributed by atoms with van der Waals surface area (Å²) in [5.41, 5.74) is 6.56. The summed E-state index contributed by atoms with van der Waals surface area (Å²) in [5, 5.41) is 8.07. The molecule has 0 aliphatic carbocycles. The van der Waals surface area contributed by atoms with Gasteiger partial charge in [-0.25, -0.2) is 10.9 Å². The number of hydrogen-bond donors (Lipinski definition) is 2. The van der Waals surface area contributed by atoms with Crippen molar-refractivity contribution in [3.05, 3.63) is 81.8 Å². The molecule has 38 heavy (non-hydrogen) atoms. The predicted molar refractivity (Wildman–Crippen MR) is 159 cm³/mol. The second kappa shape index (κ2) is 18.1. The highest BCUT2D eigenvalue weighted by Gasteiger charge is 2.05. The van der Waals surface area contributed by atoms with Crippen molar-refractivity contribution in [2.45, 2.75) is 38.5 Å². The molecule has 8 nitrogen and oxygen atoms in total. The average Bonchev–Trinajstić information content (AvgIpc) is 2.89. The van der Waals surface area contributed by atoms with Crippen molar-refractivity contribution in [3.8, 4) is 11.5 Å². The van der Waals surface area contributed by atoms with Crippen molar-refractivity contribution < 1.29 is 19.1 Å². The fourth-order valence-corrected chi connectivity index (χ4v) is 3.94. The number of carbonyl (C=O) groups excluding carboxylic acids is 2. The van der Waals surface area contributed by atoms with Gasteiger partial charge in [0.25, 0.3) is 0 Å². The number of benzene rings is 2. The molecule has 0 fully saturated rings. The zero-order valence-electron chi connectivity index (χ0n) is 21.1. The molecule has 0 saturated heterocycles. The van der Waals surface area contributed by atoms with Crippen LogP contribution in [0.1, 0.15) is 49.7 Å². The number of nitrogens with zero attached hydrogens (tertiary/aromatic N) is 2. The second-order valence-corrected chi connectivity index (χ2v) is 9.90. The highest BCUT2D eigenvalue weighted by molar-refractivity contribution is 9.10. The molecule has 2 aromatic rings. The van der Waals surface area contributed by atoms with Gasteiger partial charge in [-0.3, -0.25) is 9.59 Å². The Labute approximate surface area is 240 Å². The monoisotopic (exact) mass is 646 g/mol. The molecule has 0 aromatic heterocycles. The zero-order valence-corrected chi connectivity index (χ0v) is 24.3. The van der Waals surface area contributed by atoms with E-state index in [0.29, 0.717) is 50.4 Å². The summed E-state index contributed by atoms with van der Waals surface area (Å²) in [6, 6.07) is 11.1. The Bertz CT molecular complexity index is 1060. The van der Waals surface area contributed by atoms with Crippen molar-refractivity contribution in [1.29, 1.82) is 0 Å². The highest BCUT2D eigenvalue weighted by atomic mass is 79.9. The molecule has 0 bridgehead atoms. The van der Waals surface area contributed by atoms with Gasteiger partial charge in [-0.05, 0) is 49.2 Å². The van der Waals surface area contributed by atoms with E-state index in [2.05, 4.69) is 66.1 Å². The first-order valence-corrected chi connectivity index (χ1v) is 13.7. The number of carbonyl (C=O) groups is 2. The molecule has 2 aromatic carbocycles. The maximum atomic E-state index is 12.1. The second-order valence-electron chi connectivity index (χ2n) is 8.06. The lowest BCUT2D eigenvalue weighted by Crippen LogP contribution is -2.17. The number of rotatable bonds is 17. The standard InChI is InChI=1S/C28H32Br2N4O4/c1-3-15-37-25-13-11-23(29)17-21(25)19-31-33-27(35)9-7-5-6-8-10-28(36)34-32-20-22-18-24(30)12-14-26(22)38-16-4-2/h3-4,11-14,17-20H,1-2,5-10,15-16H2,(H,33,35)(H,34,36)/b31-19+,32-20+. The molecule has 2 N–H and O–H groups in total. The van der Waals surface area contributed by atoms with Crippen molar-refractivity contribution in [3.63, 3.8) is 0 Å². The van der Waals surface area contributed by atoms with Crippen LogP contribution in [0.4, 0.5) is 0 Å². The third-order valence-electron chi connectivity index (χ3n) is 5.00. The van der Waals surface area contributed by atoms with E-state index in [1.807, 2.05) is 36.4 Å². The Morgan fingerprint density at radius 1 is 0.737 bits per heavy atom. The Morgan fingerprint density at radius 2 is 1.16 bits per heavy atom. The van der Waals surface area contributed by atoms with E-state index in [0.717, 1.165) is 32.9 Å². The third-order valence-corrected chi connectivity index (χ3v) is 5.99. The molecule has 2 rings (SSSR count). The van der Waals surface area contributed by atoms with Gasteiger partial charge in [-0.1, -0.05) is 70.0 Å². The summed E-state index contributed by atoms with van der Waals surface area (Å²) in [7, 11) is 0. The van der Waals surface area contributed by atoms with E-state index in [4.69, 9.17) is 9.47 Å². The summed E-state index contributed by atoms with van der Waals surface area (Å²) >= 11 is 6.84. The molecular weight excluding hydrogens is 616 g/mol. The Kier molecular flexibility index (Phi) is 14.7. The van der Waals surface area contributed by atoms with Crippen LogP contribution in [0.5, 0.6) is 11.5 Å². The number of amides is 2. The van der Waals surface area contributed by atoms with Crippen LogP contribution in [0.15, 0.2) is 80.9 Å². The molecule has 0 radical (unpaired) electrons. The third kappa shape index (κ3) is 12.3. The first-order valence-electron chi connectivity index (χ1n) is 12.1. The number of nitrogens with one attached hydrogen (secondary N) is 2. The van der Waals surface area contributed by atoms with Crippen molar-refractivity contribution in [2.75, 3.05) is 13.2 Å². The maximum Gasteiger partial charge on any atom is 0.240 e. The quantitative estimate of drug-likeness (QED) is 0.0913. The molecule has 2 amide bonds. The predicted octanol–water partition coefficient (Wildman–Crippen LogP) is 6.28. The molecule has 0 heterocycles. The van der Waals surface area contributed by atoms with Crippen LogP contribution in [-0.2, 0) is 9.59 Å². The SMILES string of the molecule is C=CCOc1ccc(Br)cc1/C=N/NC(=O)CCCCCCC(=O)N/N=C/c1cc(Br)ccc1OCC=C. The number of hydrazone groups is 2. The van der Waals surface area contributed by atoms with Crippen LogP contribution in [0.2, 0.25) is 0 Å². The van der Waals surface area contributed by atoms with E-state index in [1.165, 1.54) is 0 Å². The normalized spacial score (nSPS) is 10.9. The molecule has 202 valence electrons. The molecule has 10 heteroatoms. The Balaban J connectivity index is 1.63. The molecule has 0 spiro atoms. The zero-order chi connectivity index (χ0) is 27.6. The maximum absolute atomic E-state index is 12.1. The average molecular weight is 648 g/mol. The molecule has 0 aliphatic heterocycles. The van der Waals surface area contributed by atoms with Gasteiger partial charge in [0.2, 0.25) is 11.8 Å². The van der Waals surface area contributed by atoms with Crippen LogP contribution in [0, 0.1) is 0 Å². The van der Waals surface area contributed by atoms with E-state index < -0.39 is 0 Å². The van der Waals surface area contributed by atoms with Crippen LogP contribution < -0.4 is 20.3 Å². The summed E-state index contributed by atoms with van der Waals surface area (Å²) < 4.78 is 12.9. The highest BCUT2D eigenvalue weighted by Crippen LogP contribution is 2.22. The molecule has 0 unspecified atom stereocenters. The minimum Gasteiger partial charge on any atom is -0.489 e. The minimum atomic E-state index is -0.166. The first-order chi connectivity index (χ1) is 18.4. The van der Waals surface area contributed by atoms with Crippen LogP contribution in [0.3, 0.4) is 0 Å². The fraction of sp³-hybridized carbons (Fsp3) is 0.286. The van der Waals surface area contributed by atoms with E-state index >= 15 is 0 Å². The Hall–Kier alpha value is -3.24. The van der Waals surface area contributed by atoms with Gasteiger partial charge >= 0.3 is 0 Å². The summed E-state index contributed by atoms with van der Waals surface area (Å²) in [6.45, 7) is 8.04. The Morgan fingerprint density at radius 3 is 1.55 bits per heavy atom. The number of unbranched alkanes of at least 4 members (excludes halogenated alkanes) is 3. The lowest BCUT2D eigenvalue weighted by atomic mass is 10.1. The summed E-state index contributed by atoms with van der Waals surface area (Å²) in [6.07, 6.45) is 10.2. The number of ether oxygens (including phenoxy) is 2. The van der Waals surface area contributed by atoms with E-state index in [9.17, 15) is 9.59 Å². The molecule has 0 atom stereocenters. The van der Waals surface area contributed by atoms with Gasteiger partial charge in [-0.2, -0.15) is 10.2 Å². The smallest absolute Gasteiger partial charge is 0.240 e. The minimum absolute atomic E-state index is 0.166. The lowest BCUT2D eigenvalue weighted by molar-refractivity contribution is -0.122. The van der Waals surface area contributed by atoms with Gasteiger partial charge in [0.1, 0.15) is 24.7 Å². The fourth-order valence-electron chi connectivity index (χ4n) is 3.18. The van der Waals surface area contributed by atoms with Crippen LogP contribution in [-0.4, -0.2) is 37.5 Å². The van der Waals surface area contributed by atoms with Gasteiger partial charge < -0.3 is 9.47 Å². The lowest BCUT2D eigenvalue weighted by Gasteiger charge is -2.07. The van der Waals surface area contributed by atoms with E-state index in [-0.39, 0.29) is 11.8 Å². The van der Waals surface area contributed by atoms with Gasteiger partial charge in [0, 0.05) is 32.9 Å². The van der Waals surface area contributed by atoms with Gasteiger partial charge in [0.15, 0.2) is 0 Å². The summed E-state index contributed by atoms with van der Waals surface area (Å²) in [4.78, 5) is 24.1. The molecular formula is C28H32Br2N4O4. The van der Waals surface area contributed by atoms with Crippen molar-refractivity contribution in [2.24, 2.45) is 10.2 Å². The number of hydrogen-bond acceptors (Lipinski definition) is 6. The van der Waals surface area contributed by atoms with Gasteiger partial charge in [0.05, 0.1) is 12.4 Å². The topological polar surface area (TPSA) is 101 Å².